The predicted octanol–water partition coefficient (Wildman–Crippen LogP) is 2.02. The molecule has 3 heterocycles. The summed E-state index contributed by atoms with van der Waals surface area (Å²) in [4.78, 5) is 24.4. The van der Waals surface area contributed by atoms with Crippen LogP contribution in [0.5, 0.6) is 0 Å². The molecule has 8 heteroatoms. The maximum atomic E-state index is 12.2. The van der Waals surface area contributed by atoms with Crippen molar-refractivity contribution in [3.63, 3.8) is 0 Å². The molecule has 0 bridgehead atoms. The predicted molar refractivity (Wildman–Crippen MR) is 97.1 cm³/mol. The second kappa shape index (κ2) is 9.17. The average Bonchev–Trinajstić information content (AvgIpc) is 3.32. The van der Waals surface area contributed by atoms with Crippen molar-refractivity contribution in [2.45, 2.75) is 63.3 Å². The molecule has 2 saturated heterocycles. The fraction of sp³-hybridized carbons (Fsp3) is 0.700. The van der Waals surface area contributed by atoms with Crippen LogP contribution in [-0.4, -0.2) is 62.1 Å². The summed E-state index contributed by atoms with van der Waals surface area (Å²) < 4.78 is 33.7. The molecule has 3 rings (SSSR count). The van der Waals surface area contributed by atoms with Gasteiger partial charge in [0, 0.05) is 25.0 Å². The zero-order chi connectivity index (χ0) is 20.0. The van der Waals surface area contributed by atoms with Crippen LogP contribution in [0.2, 0.25) is 0 Å². The van der Waals surface area contributed by atoms with Crippen LogP contribution < -0.4 is 0 Å². The molecule has 0 amide bonds. The Kier molecular flexibility index (Phi) is 6.87. The van der Waals surface area contributed by atoms with Gasteiger partial charge in [-0.1, -0.05) is 0 Å². The minimum absolute atomic E-state index is 0.350. The van der Waals surface area contributed by atoms with Gasteiger partial charge in [-0.2, -0.15) is 0 Å². The zero-order valence-electron chi connectivity index (χ0n) is 16.4. The van der Waals surface area contributed by atoms with E-state index < -0.39 is 23.5 Å². The molecule has 0 aromatic carbocycles. The van der Waals surface area contributed by atoms with Crippen molar-refractivity contribution in [3.05, 3.63) is 24.3 Å². The second-order valence-corrected chi connectivity index (χ2v) is 7.26. The third-order valence-electron chi connectivity index (χ3n) is 4.93. The number of esters is 2. The molecule has 2 spiro atoms. The Morgan fingerprint density at radius 3 is 1.43 bits per heavy atom. The van der Waals surface area contributed by atoms with Crippen molar-refractivity contribution >= 4 is 11.9 Å². The minimum Gasteiger partial charge on any atom is -0.460 e. The largest absolute Gasteiger partial charge is 0.460 e. The highest BCUT2D eigenvalue weighted by molar-refractivity contribution is 5.82. The molecule has 0 radical (unpaired) electrons. The first-order chi connectivity index (χ1) is 13.4. The van der Waals surface area contributed by atoms with Gasteiger partial charge in [-0.15, -0.1) is 0 Å². The van der Waals surface area contributed by atoms with Gasteiger partial charge in [0.2, 0.25) is 0 Å². The molecule has 2 fully saturated rings. The Balaban J connectivity index is 1.75. The van der Waals surface area contributed by atoms with Crippen LogP contribution in [0.15, 0.2) is 24.3 Å². The molecule has 156 valence electrons. The zero-order valence-corrected chi connectivity index (χ0v) is 16.4. The molecule has 0 aromatic rings. The summed E-state index contributed by atoms with van der Waals surface area (Å²) >= 11 is 0. The van der Waals surface area contributed by atoms with Crippen LogP contribution in [0.4, 0.5) is 0 Å². The summed E-state index contributed by atoms with van der Waals surface area (Å²) in [5, 5.41) is 0. The molecule has 3 aliphatic rings. The molecule has 2 atom stereocenters. The normalized spacial score (nSPS) is 33.5. The minimum atomic E-state index is -0.995. The lowest BCUT2D eigenvalue weighted by Gasteiger charge is -2.26. The SMILES string of the molecule is C[C@@H]1CCC2(/C=C/C(=O)O[C@H](C)CCC3(/C=C/C(=O)O1)OCCO3)OCCO2. The fourth-order valence-electron chi connectivity index (χ4n) is 3.38. The van der Waals surface area contributed by atoms with Crippen molar-refractivity contribution in [2.75, 3.05) is 26.4 Å². The lowest BCUT2D eigenvalue weighted by atomic mass is 10.1. The van der Waals surface area contributed by atoms with E-state index in [0.717, 1.165) is 0 Å². The molecule has 0 aliphatic carbocycles. The second-order valence-electron chi connectivity index (χ2n) is 7.26. The van der Waals surface area contributed by atoms with Crippen molar-refractivity contribution in [3.8, 4) is 0 Å². The molecular weight excluding hydrogens is 368 g/mol. The number of cyclic esters (lactones) is 2. The van der Waals surface area contributed by atoms with Gasteiger partial charge in [0.05, 0.1) is 38.6 Å². The molecular formula is C20H28O8. The summed E-state index contributed by atoms with van der Waals surface area (Å²) in [6.45, 7) is 5.36. The van der Waals surface area contributed by atoms with Crippen LogP contribution in [0.1, 0.15) is 39.5 Å². The molecule has 3 aliphatic heterocycles. The molecule has 28 heavy (non-hydrogen) atoms. The number of ether oxygens (including phenoxy) is 6. The maximum absolute atomic E-state index is 12.2. The summed E-state index contributed by atoms with van der Waals surface area (Å²) in [7, 11) is 0. The summed E-state index contributed by atoms with van der Waals surface area (Å²) in [6, 6.07) is 0. The quantitative estimate of drug-likeness (QED) is 0.575. The summed E-state index contributed by atoms with van der Waals surface area (Å²) in [5.41, 5.74) is 0. The molecule has 0 aromatic heterocycles. The molecule has 0 N–H and O–H groups in total. The Bertz CT molecular complexity index is 560. The average molecular weight is 396 g/mol. The molecule has 0 unspecified atom stereocenters. The highest BCUT2D eigenvalue weighted by atomic mass is 16.7. The topological polar surface area (TPSA) is 89.5 Å². The van der Waals surface area contributed by atoms with E-state index in [1.807, 2.05) is 0 Å². The number of hydrogen-bond acceptors (Lipinski definition) is 8. The van der Waals surface area contributed by atoms with E-state index in [0.29, 0.717) is 52.1 Å². The van der Waals surface area contributed by atoms with Gasteiger partial charge in [0.25, 0.3) is 0 Å². The van der Waals surface area contributed by atoms with Gasteiger partial charge in [-0.25, -0.2) is 9.59 Å². The van der Waals surface area contributed by atoms with E-state index in [1.54, 1.807) is 26.0 Å². The standard InChI is InChI=1S/C20H28O8/c1-15-3-7-19(23-11-12-24-19)10-6-18(22)28-16(2)4-8-20(25-13-14-26-20)9-5-17(21)27-15/h5-6,9-10,15-16H,3-4,7-8,11-14H2,1-2H3/b9-5+,10-6+/t15-,16-/m1/s1. The van der Waals surface area contributed by atoms with Gasteiger partial charge in [-0.3, -0.25) is 0 Å². The van der Waals surface area contributed by atoms with E-state index in [9.17, 15) is 9.59 Å². The van der Waals surface area contributed by atoms with Gasteiger partial charge in [-0.05, 0) is 38.8 Å². The summed E-state index contributed by atoms with van der Waals surface area (Å²) in [6.07, 6.45) is 7.04. The van der Waals surface area contributed by atoms with Gasteiger partial charge in [0.1, 0.15) is 0 Å². The van der Waals surface area contributed by atoms with E-state index in [2.05, 4.69) is 0 Å². The highest BCUT2D eigenvalue weighted by Crippen LogP contribution is 2.30. The number of hydrogen-bond donors (Lipinski definition) is 0. The van der Waals surface area contributed by atoms with Crippen molar-refractivity contribution in [2.24, 2.45) is 0 Å². The first-order valence-corrected chi connectivity index (χ1v) is 9.76. The van der Waals surface area contributed by atoms with Crippen LogP contribution in [0.25, 0.3) is 0 Å². The Hall–Kier alpha value is -1.74. The fourth-order valence-corrected chi connectivity index (χ4v) is 3.38. The van der Waals surface area contributed by atoms with Crippen LogP contribution in [0, 0.1) is 0 Å². The molecule has 0 saturated carbocycles. The van der Waals surface area contributed by atoms with Gasteiger partial charge >= 0.3 is 11.9 Å². The van der Waals surface area contributed by atoms with E-state index in [1.165, 1.54) is 12.2 Å². The van der Waals surface area contributed by atoms with Crippen molar-refractivity contribution < 1.29 is 38.0 Å². The third-order valence-corrected chi connectivity index (χ3v) is 4.93. The van der Waals surface area contributed by atoms with Crippen LogP contribution in [0.3, 0.4) is 0 Å². The first-order valence-electron chi connectivity index (χ1n) is 9.76. The summed E-state index contributed by atoms with van der Waals surface area (Å²) in [5.74, 6) is -2.91. The lowest BCUT2D eigenvalue weighted by molar-refractivity contribution is -0.151. The van der Waals surface area contributed by atoms with Crippen LogP contribution >= 0.6 is 0 Å². The Morgan fingerprint density at radius 2 is 1.07 bits per heavy atom. The number of carbonyl (C=O) groups is 2. The molecule has 8 nitrogen and oxygen atoms in total. The van der Waals surface area contributed by atoms with Crippen molar-refractivity contribution in [1.29, 1.82) is 0 Å². The van der Waals surface area contributed by atoms with Crippen molar-refractivity contribution in [1.82, 2.24) is 0 Å². The van der Waals surface area contributed by atoms with E-state index in [4.69, 9.17) is 28.4 Å². The van der Waals surface area contributed by atoms with E-state index >= 15 is 0 Å². The van der Waals surface area contributed by atoms with Gasteiger partial charge in [0.15, 0.2) is 11.6 Å². The number of carbonyl (C=O) groups excluding carboxylic acids is 2. The Morgan fingerprint density at radius 1 is 0.714 bits per heavy atom. The maximum Gasteiger partial charge on any atom is 0.330 e. The third kappa shape index (κ3) is 5.64. The highest BCUT2D eigenvalue weighted by Gasteiger charge is 2.36. The van der Waals surface area contributed by atoms with E-state index in [-0.39, 0.29) is 12.2 Å². The number of rotatable bonds is 0. The smallest absolute Gasteiger partial charge is 0.330 e. The lowest BCUT2D eigenvalue weighted by Crippen LogP contribution is -2.31. The van der Waals surface area contributed by atoms with Gasteiger partial charge < -0.3 is 28.4 Å². The monoisotopic (exact) mass is 396 g/mol. The Labute approximate surface area is 164 Å². The van der Waals surface area contributed by atoms with Crippen LogP contribution in [-0.2, 0) is 38.0 Å². The first kappa shape index (κ1) is 21.0.